The molecule has 0 aliphatic carbocycles. The molecule has 3 rings (SSSR count). The molecule has 0 saturated carbocycles. The van der Waals surface area contributed by atoms with Gasteiger partial charge in [-0.25, -0.2) is 12.8 Å². The van der Waals surface area contributed by atoms with Crippen molar-refractivity contribution in [2.75, 3.05) is 39.3 Å². The average molecular weight is 437 g/mol. The van der Waals surface area contributed by atoms with Crippen molar-refractivity contribution in [2.24, 2.45) is 0 Å². The number of para-hydroxylation sites is 1. The highest BCUT2D eigenvalue weighted by atomic mass is 32.2. The van der Waals surface area contributed by atoms with E-state index < -0.39 is 21.9 Å². The fourth-order valence-corrected chi connectivity index (χ4v) is 4.96. The molecule has 1 N–H and O–H groups in total. The second-order valence-electron chi connectivity index (χ2n) is 7.82. The van der Waals surface area contributed by atoms with Crippen LogP contribution in [0.4, 0.5) is 4.39 Å². The summed E-state index contributed by atoms with van der Waals surface area (Å²) in [5.41, 5.74) is 1.10. The van der Waals surface area contributed by atoms with Gasteiger partial charge in [0.25, 0.3) is 0 Å². The number of β-amino-alcohol motifs (C(OH)–C–C–N with tert-alkyl or cyclic N) is 1. The van der Waals surface area contributed by atoms with E-state index in [0.29, 0.717) is 38.6 Å². The molecule has 0 spiro atoms. The Morgan fingerprint density at radius 2 is 1.67 bits per heavy atom. The van der Waals surface area contributed by atoms with Crippen LogP contribution in [0.5, 0.6) is 5.75 Å². The van der Waals surface area contributed by atoms with Crippen molar-refractivity contribution >= 4 is 10.0 Å². The highest BCUT2D eigenvalue weighted by Crippen LogP contribution is 2.26. The third kappa shape index (κ3) is 5.57. The maximum absolute atomic E-state index is 13.1. The smallest absolute Gasteiger partial charge is 0.243 e. The van der Waals surface area contributed by atoms with E-state index in [4.69, 9.17) is 4.74 Å². The Hall–Kier alpha value is -2.00. The van der Waals surface area contributed by atoms with Crippen molar-refractivity contribution in [1.29, 1.82) is 0 Å². The number of aliphatic hydroxyl groups is 1. The molecule has 6 nitrogen and oxygen atoms in total. The molecule has 164 valence electrons. The lowest BCUT2D eigenvalue weighted by Crippen LogP contribution is -2.50. The largest absolute Gasteiger partial charge is 0.491 e. The Morgan fingerprint density at radius 3 is 2.30 bits per heavy atom. The molecule has 1 fully saturated rings. The summed E-state index contributed by atoms with van der Waals surface area (Å²) < 4.78 is 45.7. The van der Waals surface area contributed by atoms with Gasteiger partial charge in [0.1, 0.15) is 24.3 Å². The van der Waals surface area contributed by atoms with Gasteiger partial charge in [-0.2, -0.15) is 4.31 Å². The maximum Gasteiger partial charge on any atom is 0.243 e. The van der Waals surface area contributed by atoms with Crippen LogP contribution in [-0.4, -0.2) is 68.2 Å². The van der Waals surface area contributed by atoms with Crippen LogP contribution in [0.1, 0.15) is 25.3 Å². The third-order valence-electron chi connectivity index (χ3n) is 5.22. The SMILES string of the molecule is CC(C)c1ccccc1OC[C@H](O)CN1CCN(S(=O)(=O)c2ccc(F)cc2)CC1. The van der Waals surface area contributed by atoms with Crippen LogP contribution in [-0.2, 0) is 10.0 Å². The van der Waals surface area contributed by atoms with Crippen LogP contribution in [0, 0.1) is 5.82 Å². The Morgan fingerprint density at radius 1 is 1.03 bits per heavy atom. The van der Waals surface area contributed by atoms with Crippen LogP contribution >= 0.6 is 0 Å². The number of halogens is 1. The van der Waals surface area contributed by atoms with Gasteiger partial charge in [0.15, 0.2) is 0 Å². The number of piperazine rings is 1. The zero-order valence-corrected chi connectivity index (χ0v) is 18.2. The van der Waals surface area contributed by atoms with E-state index in [-0.39, 0.29) is 11.5 Å². The number of ether oxygens (including phenoxy) is 1. The predicted molar refractivity (Wildman–Crippen MR) is 114 cm³/mol. The highest BCUT2D eigenvalue weighted by molar-refractivity contribution is 7.89. The minimum absolute atomic E-state index is 0.0922. The highest BCUT2D eigenvalue weighted by Gasteiger charge is 2.29. The first-order chi connectivity index (χ1) is 14.3. The van der Waals surface area contributed by atoms with Crippen molar-refractivity contribution in [3.05, 3.63) is 59.9 Å². The van der Waals surface area contributed by atoms with Crippen LogP contribution < -0.4 is 4.74 Å². The lowest BCUT2D eigenvalue weighted by molar-refractivity contribution is 0.0565. The maximum atomic E-state index is 13.1. The van der Waals surface area contributed by atoms with E-state index >= 15 is 0 Å². The number of hydrogen-bond acceptors (Lipinski definition) is 5. The predicted octanol–water partition coefficient (Wildman–Crippen LogP) is 2.70. The summed E-state index contributed by atoms with van der Waals surface area (Å²) in [4.78, 5) is 2.12. The third-order valence-corrected chi connectivity index (χ3v) is 7.14. The molecule has 1 atom stereocenters. The molecule has 1 heterocycles. The summed E-state index contributed by atoms with van der Waals surface area (Å²) in [5, 5.41) is 10.4. The number of sulfonamides is 1. The lowest BCUT2D eigenvalue weighted by Gasteiger charge is -2.34. The van der Waals surface area contributed by atoms with Gasteiger partial charge in [-0.15, -0.1) is 0 Å². The molecule has 30 heavy (non-hydrogen) atoms. The van der Waals surface area contributed by atoms with E-state index in [2.05, 4.69) is 13.8 Å². The van der Waals surface area contributed by atoms with Gasteiger partial charge in [0.2, 0.25) is 10.0 Å². The molecule has 0 unspecified atom stereocenters. The molecule has 2 aromatic rings. The van der Waals surface area contributed by atoms with Crippen LogP contribution in [0.2, 0.25) is 0 Å². The van der Waals surface area contributed by atoms with Gasteiger partial charge in [-0.3, -0.25) is 4.90 Å². The number of aliphatic hydroxyl groups excluding tert-OH is 1. The van der Waals surface area contributed by atoms with Gasteiger partial charge in [0.05, 0.1) is 4.90 Å². The molecule has 1 aliphatic rings. The minimum atomic E-state index is -3.64. The molecule has 8 heteroatoms. The van der Waals surface area contributed by atoms with Crippen molar-refractivity contribution < 1.29 is 22.7 Å². The van der Waals surface area contributed by atoms with Crippen LogP contribution in [0.25, 0.3) is 0 Å². The Bertz CT molecular complexity index is 926. The van der Waals surface area contributed by atoms with Gasteiger partial charge in [0, 0.05) is 32.7 Å². The Kier molecular flexibility index (Phi) is 7.46. The van der Waals surface area contributed by atoms with Crippen molar-refractivity contribution in [3.8, 4) is 5.75 Å². The molecular weight excluding hydrogens is 407 g/mol. The first-order valence-corrected chi connectivity index (χ1v) is 11.6. The summed E-state index contributed by atoms with van der Waals surface area (Å²) in [6.07, 6.45) is -0.675. The van der Waals surface area contributed by atoms with Crippen molar-refractivity contribution in [1.82, 2.24) is 9.21 Å². The molecule has 1 aliphatic heterocycles. The van der Waals surface area contributed by atoms with Gasteiger partial charge < -0.3 is 9.84 Å². The van der Waals surface area contributed by atoms with E-state index in [1.54, 1.807) is 0 Å². The summed E-state index contributed by atoms with van der Waals surface area (Å²) >= 11 is 0. The zero-order chi connectivity index (χ0) is 21.7. The van der Waals surface area contributed by atoms with Crippen molar-refractivity contribution in [3.63, 3.8) is 0 Å². The number of rotatable bonds is 8. The standard InChI is InChI=1S/C22H29FN2O4S/c1-17(2)21-5-3-4-6-22(21)29-16-19(26)15-24-11-13-25(14-12-24)30(27,28)20-9-7-18(23)8-10-20/h3-10,17,19,26H,11-16H2,1-2H3/t19-/m1/s1. The van der Waals surface area contributed by atoms with Crippen LogP contribution in [0.3, 0.4) is 0 Å². The lowest BCUT2D eigenvalue weighted by atomic mass is 10.0. The molecule has 2 aromatic carbocycles. The normalized spacial score (nSPS) is 17.2. The zero-order valence-electron chi connectivity index (χ0n) is 17.4. The second-order valence-corrected chi connectivity index (χ2v) is 9.75. The topological polar surface area (TPSA) is 70.1 Å². The first kappa shape index (κ1) is 22.7. The summed E-state index contributed by atoms with van der Waals surface area (Å²) in [6, 6.07) is 12.7. The van der Waals surface area contributed by atoms with E-state index in [1.165, 1.54) is 16.4 Å². The minimum Gasteiger partial charge on any atom is -0.491 e. The number of benzene rings is 2. The summed E-state index contributed by atoms with van der Waals surface area (Å²) in [5.74, 6) is 0.641. The Balaban J connectivity index is 1.49. The summed E-state index contributed by atoms with van der Waals surface area (Å²) in [6.45, 7) is 6.45. The molecular formula is C22H29FN2O4S. The average Bonchev–Trinajstić information content (AvgIpc) is 2.73. The Labute approximate surface area is 177 Å². The molecule has 1 saturated heterocycles. The second kappa shape index (κ2) is 9.87. The fraction of sp³-hybridized carbons (Fsp3) is 0.455. The molecule has 0 amide bonds. The number of hydrogen-bond donors (Lipinski definition) is 1. The monoisotopic (exact) mass is 436 g/mol. The van der Waals surface area contributed by atoms with E-state index in [1.807, 2.05) is 29.2 Å². The van der Waals surface area contributed by atoms with E-state index in [0.717, 1.165) is 23.4 Å². The van der Waals surface area contributed by atoms with Gasteiger partial charge in [-0.1, -0.05) is 32.0 Å². The fourth-order valence-electron chi connectivity index (χ4n) is 3.53. The van der Waals surface area contributed by atoms with E-state index in [9.17, 15) is 17.9 Å². The van der Waals surface area contributed by atoms with Gasteiger partial charge >= 0.3 is 0 Å². The first-order valence-electron chi connectivity index (χ1n) is 10.1. The van der Waals surface area contributed by atoms with Crippen LogP contribution in [0.15, 0.2) is 53.4 Å². The quantitative estimate of drug-likeness (QED) is 0.689. The van der Waals surface area contributed by atoms with Crippen molar-refractivity contribution in [2.45, 2.75) is 30.8 Å². The molecule has 0 bridgehead atoms. The molecule has 0 aromatic heterocycles. The summed E-state index contributed by atoms with van der Waals surface area (Å²) in [7, 11) is -3.64. The number of nitrogens with zero attached hydrogens (tertiary/aromatic N) is 2. The molecule has 0 radical (unpaired) electrons. The van der Waals surface area contributed by atoms with Gasteiger partial charge in [-0.05, 0) is 41.8 Å².